The van der Waals surface area contributed by atoms with Crippen molar-refractivity contribution in [3.8, 4) is 0 Å². The van der Waals surface area contributed by atoms with E-state index in [9.17, 15) is 0 Å². The Morgan fingerprint density at radius 3 is 0.515 bits per heavy atom. The molecule has 4 atom stereocenters. The predicted octanol–water partition coefficient (Wildman–Crippen LogP) is 10.7. The molecule has 0 amide bonds. The van der Waals surface area contributed by atoms with Crippen LogP contribution in [0.5, 0.6) is 0 Å². The Labute approximate surface area is 744 Å². The first kappa shape index (κ1) is 112. The summed E-state index contributed by atoms with van der Waals surface area (Å²) in [6.45, 7) is 36.7. The monoisotopic (exact) mass is 1980 g/mol. The molecule has 103 heavy (non-hydrogen) atoms. The van der Waals surface area contributed by atoms with Crippen LogP contribution in [0.4, 0.5) is 0 Å². The highest BCUT2D eigenvalue weighted by Gasteiger charge is 2.21. The summed E-state index contributed by atoms with van der Waals surface area (Å²) in [4.78, 5) is 0. The van der Waals surface area contributed by atoms with Crippen LogP contribution in [0.15, 0.2) is 0 Å². The standard InChI is InChI=1S/C47H124N28S28/c1-38(2)94-66-21-56-84-31-80-52-17-48-76-13-45(14-77-49-18-53-81-32-85-57-22-67-95-39(3)4)101-73-28-63-91-37-90-62-27-72-100-44(12)47(103-75-30-65-93-36-88-60-25-70-98-42(9)10)16-79-51-20-55-83-34-92-64-29-74-102-46(15-78-50-19-54-82-33-86-58-23-68-96-40(5)6)43(11)99-71-26-61-89-35-87-59-24-69-97-41(7)8/h38-75H,13-37H2,1-12H3. The van der Waals surface area contributed by atoms with E-state index in [4.69, 9.17) is 0 Å². The van der Waals surface area contributed by atoms with Crippen molar-refractivity contribution >= 4 is 335 Å². The second-order valence-electron chi connectivity index (χ2n) is 20.1. The first-order valence-electron chi connectivity index (χ1n) is 32.4. The van der Waals surface area contributed by atoms with Gasteiger partial charge in [-0.05, 0) is 0 Å². The molecular formula is C47H124N28S28. The lowest BCUT2D eigenvalue weighted by Crippen LogP contribution is -2.32. The van der Waals surface area contributed by atoms with Gasteiger partial charge in [-0.2, -0.15) is 0 Å². The van der Waals surface area contributed by atoms with Crippen molar-refractivity contribution < 1.29 is 0 Å². The smallest absolute Gasteiger partial charge is 0.0683 e. The number of hydrogen-bond donors (Lipinski definition) is 28. The van der Waals surface area contributed by atoms with Crippen LogP contribution in [0.2, 0.25) is 0 Å². The summed E-state index contributed by atoms with van der Waals surface area (Å²) >= 11 is 48.5. The maximum Gasteiger partial charge on any atom is 0.0683 e. The summed E-state index contributed by atoms with van der Waals surface area (Å²) in [6.07, 6.45) is 0. The van der Waals surface area contributed by atoms with Gasteiger partial charge >= 0.3 is 0 Å². The maximum absolute atomic E-state index is 3.58. The van der Waals surface area contributed by atoms with Gasteiger partial charge in [0.1, 0.15) is 0 Å². The molecule has 0 saturated heterocycles. The Morgan fingerprint density at radius 2 is 0.311 bits per heavy atom. The fourth-order valence-corrected chi connectivity index (χ4v) is 26.3. The molecule has 0 aliphatic heterocycles. The third-order valence-corrected chi connectivity index (χ3v) is 35.2. The van der Waals surface area contributed by atoms with E-state index in [-0.39, 0.29) is 0 Å². The van der Waals surface area contributed by atoms with E-state index in [1.54, 1.807) is 335 Å². The highest BCUT2D eigenvalue weighted by Crippen LogP contribution is 2.26. The number of nitrogens with one attached hydrogen (secondary N) is 28. The fraction of sp³-hybridized carbons (Fsp3) is 1.00. The molecule has 28 N–H and O–H groups in total. The average Bonchev–Trinajstić information content (AvgIpc) is 1.22. The van der Waals surface area contributed by atoms with Gasteiger partial charge in [-0.25, -0.2) is 132 Å². The van der Waals surface area contributed by atoms with Gasteiger partial charge in [-0.1, -0.05) is 418 Å². The molecule has 0 radical (unpaired) electrons. The molecule has 0 aromatic heterocycles. The highest BCUT2D eigenvalue weighted by molar-refractivity contribution is 8.17. The third-order valence-electron chi connectivity index (χ3n) is 9.62. The van der Waals surface area contributed by atoms with E-state index in [0.29, 0.717) is 85.8 Å². The van der Waals surface area contributed by atoms with E-state index in [0.717, 1.165) is 119 Å². The summed E-state index contributed by atoms with van der Waals surface area (Å²) in [5, 5.41) is 10.9. The average molecular weight is 1980 g/mol. The molecular weight excluding hydrogens is 1850 g/mol. The normalized spacial score (nSPS) is 13.5. The lowest BCUT2D eigenvalue weighted by molar-refractivity contribution is 0.858. The zero-order valence-corrected chi connectivity index (χ0v) is 83.7. The molecule has 56 heteroatoms. The second-order valence-corrected chi connectivity index (χ2v) is 51.8. The molecule has 28 nitrogen and oxygen atoms in total. The molecule has 0 rings (SSSR count). The summed E-state index contributed by atoms with van der Waals surface area (Å²) in [5.41, 5.74) is 0. The minimum absolute atomic E-state index is 0.342. The van der Waals surface area contributed by atoms with Crippen LogP contribution in [0.25, 0.3) is 0 Å². The number of hydrogen-bond acceptors (Lipinski definition) is 56. The molecule has 0 heterocycles. The maximum atomic E-state index is 3.58. The molecule has 0 aromatic carbocycles. The Morgan fingerprint density at radius 1 is 0.155 bits per heavy atom. The van der Waals surface area contributed by atoms with Crippen LogP contribution in [-0.4, -0.2) is 204 Å². The largest absolute Gasteiger partial charge is 0.250 e. The van der Waals surface area contributed by atoms with Crippen LogP contribution >= 0.6 is 335 Å². The van der Waals surface area contributed by atoms with Crippen LogP contribution in [0.3, 0.4) is 0 Å². The molecule has 4 unspecified atom stereocenters. The zero-order chi connectivity index (χ0) is 75.0. The number of rotatable bonds is 90. The lowest BCUT2D eigenvalue weighted by Gasteiger charge is -2.23. The van der Waals surface area contributed by atoms with Gasteiger partial charge < -0.3 is 0 Å². The molecule has 0 spiro atoms. The molecule has 0 aliphatic rings. The second kappa shape index (κ2) is 93.0. The first-order chi connectivity index (χ1) is 50.3. The Hall–Kier alpha value is 8.68. The van der Waals surface area contributed by atoms with Crippen molar-refractivity contribution in [2.24, 2.45) is 0 Å². The summed E-state index contributed by atoms with van der Waals surface area (Å²) in [5.74, 6) is 3.81. The topological polar surface area (TPSA) is 337 Å². The van der Waals surface area contributed by atoms with Crippen molar-refractivity contribution in [2.45, 2.75) is 136 Å². The van der Waals surface area contributed by atoms with E-state index in [1.807, 2.05) is 0 Å². The van der Waals surface area contributed by atoms with Crippen LogP contribution in [0.1, 0.15) is 83.1 Å². The highest BCUT2D eigenvalue weighted by atomic mass is 32.2. The molecule has 0 aliphatic carbocycles. The van der Waals surface area contributed by atoms with Gasteiger partial charge in [-0.3, -0.25) is 0 Å². The summed E-state index contributed by atoms with van der Waals surface area (Å²) in [6, 6.07) is 0. The summed E-state index contributed by atoms with van der Waals surface area (Å²) in [7, 11) is 0. The van der Waals surface area contributed by atoms with Crippen LogP contribution < -0.4 is 132 Å². The van der Waals surface area contributed by atoms with Gasteiger partial charge in [0.15, 0.2) is 0 Å². The van der Waals surface area contributed by atoms with Gasteiger partial charge in [0, 0.05) is 75.5 Å². The Kier molecular flexibility index (Phi) is 101. The Bertz CT molecular complexity index is 1620. The van der Waals surface area contributed by atoms with Gasteiger partial charge in [0.2, 0.25) is 0 Å². The van der Waals surface area contributed by atoms with Crippen LogP contribution in [-0.2, 0) is 0 Å². The van der Waals surface area contributed by atoms with Crippen molar-refractivity contribution in [1.82, 2.24) is 132 Å². The third kappa shape index (κ3) is 92.8. The lowest BCUT2D eigenvalue weighted by atomic mass is 10.4. The summed E-state index contributed by atoms with van der Waals surface area (Å²) < 4.78 is 96.2. The minimum Gasteiger partial charge on any atom is -0.250 e. The Balaban J connectivity index is 4.83. The van der Waals surface area contributed by atoms with Crippen molar-refractivity contribution in [3.05, 3.63) is 0 Å². The zero-order valence-electron chi connectivity index (χ0n) is 60.9. The van der Waals surface area contributed by atoms with E-state index in [1.165, 1.54) is 0 Å². The van der Waals surface area contributed by atoms with Crippen molar-refractivity contribution in [2.75, 3.05) is 152 Å². The van der Waals surface area contributed by atoms with E-state index >= 15 is 0 Å². The molecule has 0 aromatic rings. The molecule has 0 bridgehead atoms. The van der Waals surface area contributed by atoms with Crippen LogP contribution in [0, 0.1) is 0 Å². The van der Waals surface area contributed by atoms with Gasteiger partial charge in [0.25, 0.3) is 0 Å². The predicted molar refractivity (Wildman–Crippen MR) is 528 cm³/mol. The minimum atomic E-state index is 0.342. The van der Waals surface area contributed by atoms with Crippen molar-refractivity contribution in [1.29, 1.82) is 0 Å². The van der Waals surface area contributed by atoms with Crippen molar-refractivity contribution in [3.63, 3.8) is 0 Å². The first-order valence-corrected chi connectivity index (χ1v) is 58.9. The fourth-order valence-electron chi connectivity index (χ4n) is 5.35. The van der Waals surface area contributed by atoms with Gasteiger partial charge in [-0.15, -0.1) is 0 Å². The molecule has 0 saturated carbocycles. The molecule has 0 fully saturated rings. The molecule has 620 valence electrons. The SMILES string of the molecule is CC(C)SNCNSCSNCNSCC(CSNCNSCSNCNSC(C)C)SNCNSCSNCNSC(C)C(CSNCNSCSNCNSC(CSNCNSCSNCNSC(C)C)C(C)SNCNSCSNCNSC(C)C)SNCNSCSNCNSC(C)C. The van der Waals surface area contributed by atoms with E-state index < -0.39 is 0 Å². The quantitative estimate of drug-likeness (QED) is 0.0153. The van der Waals surface area contributed by atoms with Gasteiger partial charge in [0.05, 0.1) is 129 Å². The van der Waals surface area contributed by atoms with E-state index in [2.05, 4.69) is 215 Å².